The molecule has 0 aromatic heterocycles. The summed E-state index contributed by atoms with van der Waals surface area (Å²) in [5, 5.41) is 6.36. The predicted molar refractivity (Wildman–Crippen MR) is 98.8 cm³/mol. The first kappa shape index (κ1) is 18.2. The summed E-state index contributed by atoms with van der Waals surface area (Å²) in [6.45, 7) is 1.96. The van der Waals surface area contributed by atoms with E-state index >= 15 is 0 Å². The molecule has 2 N–H and O–H groups in total. The Hall–Kier alpha value is -2.63. The summed E-state index contributed by atoms with van der Waals surface area (Å²) >= 11 is 0. The van der Waals surface area contributed by atoms with Gasteiger partial charge in [-0.25, -0.2) is 8.78 Å². The summed E-state index contributed by atoms with van der Waals surface area (Å²) in [4.78, 5) is 4.15. The quantitative estimate of drug-likeness (QED) is 0.616. The molecule has 0 saturated carbocycles. The van der Waals surface area contributed by atoms with Crippen LogP contribution in [-0.4, -0.2) is 32.7 Å². The molecule has 0 bridgehead atoms. The Balaban J connectivity index is 1.43. The highest BCUT2D eigenvalue weighted by molar-refractivity contribution is 5.79. The zero-order valence-electron chi connectivity index (χ0n) is 14.8. The summed E-state index contributed by atoms with van der Waals surface area (Å²) in [5.74, 6) is 0.815. The van der Waals surface area contributed by atoms with Crippen LogP contribution in [0.3, 0.4) is 0 Å². The number of aliphatic imine (C=N–C) groups is 1. The summed E-state index contributed by atoms with van der Waals surface area (Å²) in [6.07, 6.45) is 2.22. The van der Waals surface area contributed by atoms with Crippen LogP contribution in [0, 0.1) is 11.6 Å². The number of guanidine groups is 1. The minimum Gasteiger partial charge on any atom is -0.493 e. The molecule has 0 spiro atoms. The van der Waals surface area contributed by atoms with Gasteiger partial charge in [-0.05, 0) is 53.8 Å². The second kappa shape index (κ2) is 8.65. The number of benzene rings is 2. The number of nitrogens with one attached hydrogen (secondary N) is 2. The monoisotopic (exact) mass is 359 g/mol. The fraction of sp³-hybridized carbons (Fsp3) is 0.350. The largest absolute Gasteiger partial charge is 0.493 e. The topological polar surface area (TPSA) is 45.7 Å². The van der Waals surface area contributed by atoms with Crippen LogP contribution in [0.4, 0.5) is 8.78 Å². The lowest BCUT2D eigenvalue weighted by Gasteiger charge is -2.12. The lowest BCUT2D eigenvalue weighted by atomic mass is 10.1. The molecule has 0 atom stereocenters. The highest BCUT2D eigenvalue weighted by Gasteiger charge is 2.11. The molecule has 4 nitrogen and oxygen atoms in total. The minimum absolute atomic E-state index is 0.355. The van der Waals surface area contributed by atoms with Crippen LogP contribution < -0.4 is 15.4 Å². The molecule has 0 unspecified atom stereocenters. The molecule has 1 heterocycles. The predicted octanol–water partition coefficient (Wildman–Crippen LogP) is 2.85. The van der Waals surface area contributed by atoms with Crippen molar-refractivity contribution in [3.63, 3.8) is 0 Å². The van der Waals surface area contributed by atoms with Gasteiger partial charge in [0.2, 0.25) is 0 Å². The van der Waals surface area contributed by atoms with Crippen LogP contribution in [0.1, 0.15) is 16.7 Å². The lowest BCUT2D eigenvalue weighted by Crippen LogP contribution is -2.39. The van der Waals surface area contributed by atoms with Crippen LogP contribution in [0.15, 0.2) is 41.4 Å². The standard InChI is InChI=1S/C20H23F2N3O/c1-23-20(25-10-7-15-13-17(21)3-4-18(15)22)24-9-6-14-2-5-19-16(12-14)8-11-26-19/h2-5,12-13H,6-11H2,1H3,(H2,23,24,25). The Kier molecular flexibility index (Phi) is 6.04. The van der Waals surface area contributed by atoms with Gasteiger partial charge in [-0.15, -0.1) is 0 Å². The van der Waals surface area contributed by atoms with E-state index in [4.69, 9.17) is 4.74 Å². The van der Waals surface area contributed by atoms with Crippen molar-refractivity contribution in [2.75, 3.05) is 26.7 Å². The molecular weight excluding hydrogens is 336 g/mol. The van der Waals surface area contributed by atoms with E-state index in [9.17, 15) is 8.78 Å². The minimum atomic E-state index is -0.427. The summed E-state index contributed by atoms with van der Waals surface area (Å²) in [5.41, 5.74) is 2.87. The molecule has 6 heteroatoms. The molecule has 1 aliphatic heterocycles. The molecule has 0 fully saturated rings. The van der Waals surface area contributed by atoms with E-state index in [0.717, 1.165) is 43.9 Å². The number of fused-ring (bicyclic) bond motifs is 1. The fourth-order valence-electron chi connectivity index (χ4n) is 2.99. The molecular formula is C20H23F2N3O. The van der Waals surface area contributed by atoms with Gasteiger partial charge < -0.3 is 15.4 Å². The van der Waals surface area contributed by atoms with Crippen molar-refractivity contribution >= 4 is 5.96 Å². The third-order valence-electron chi connectivity index (χ3n) is 4.38. The van der Waals surface area contributed by atoms with Gasteiger partial charge in [0.25, 0.3) is 0 Å². The van der Waals surface area contributed by atoms with Crippen LogP contribution in [-0.2, 0) is 19.3 Å². The third kappa shape index (κ3) is 4.71. The van der Waals surface area contributed by atoms with E-state index in [0.29, 0.717) is 24.5 Å². The number of hydrogen-bond donors (Lipinski definition) is 2. The molecule has 2 aromatic rings. The second-order valence-corrected chi connectivity index (χ2v) is 6.20. The number of nitrogens with zero attached hydrogens (tertiary/aromatic N) is 1. The maximum absolute atomic E-state index is 13.6. The third-order valence-corrected chi connectivity index (χ3v) is 4.38. The molecule has 1 aliphatic rings. The SMILES string of the molecule is CN=C(NCCc1ccc2c(c1)CCO2)NCCc1cc(F)ccc1F. The van der Waals surface area contributed by atoms with Crippen molar-refractivity contribution in [1.82, 2.24) is 10.6 Å². The highest BCUT2D eigenvalue weighted by atomic mass is 19.1. The van der Waals surface area contributed by atoms with Gasteiger partial charge in [0.15, 0.2) is 5.96 Å². The van der Waals surface area contributed by atoms with Gasteiger partial charge in [0.05, 0.1) is 6.61 Å². The highest BCUT2D eigenvalue weighted by Crippen LogP contribution is 2.25. The maximum Gasteiger partial charge on any atom is 0.190 e. The summed E-state index contributed by atoms with van der Waals surface area (Å²) < 4.78 is 32.3. The number of rotatable bonds is 6. The average molecular weight is 359 g/mol. The first-order chi connectivity index (χ1) is 12.7. The Morgan fingerprint density at radius 3 is 2.69 bits per heavy atom. The van der Waals surface area contributed by atoms with Crippen molar-refractivity contribution in [2.45, 2.75) is 19.3 Å². The summed E-state index contributed by atoms with van der Waals surface area (Å²) in [7, 11) is 1.69. The Bertz CT molecular complexity index is 793. The van der Waals surface area contributed by atoms with E-state index in [1.807, 2.05) is 6.07 Å². The van der Waals surface area contributed by atoms with Crippen molar-refractivity contribution in [3.05, 3.63) is 64.7 Å². The second-order valence-electron chi connectivity index (χ2n) is 6.20. The zero-order valence-corrected chi connectivity index (χ0v) is 14.8. The van der Waals surface area contributed by atoms with Crippen LogP contribution in [0.5, 0.6) is 5.75 Å². The summed E-state index contributed by atoms with van der Waals surface area (Å²) in [6, 6.07) is 9.79. The van der Waals surface area contributed by atoms with Gasteiger partial charge >= 0.3 is 0 Å². The van der Waals surface area contributed by atoms with Crippen molar-refractivity contribution in [3.8, 4) is 5.75 Å². The van der Waals surface area contributed by atoms with Crippen LogP contribution in [0.2, 0.25) is 0 Å². The van der Waals surface area contributed by atoms with Crippen molar-refractivity contribution < 1.29 is 13.5 Å². The maximum atomic E-state index is 13.6. The lowest BCUT2D eigenvalue weighted by molar-refractivity contribution is 0.357. The Morgan fingerprint density at radius 1 is 1.08 bits per heavy atom. The smallest absolute Gasteiger partial charge is 0.190 e. The van der Waals surface area contributed by atoms with E-state index in [-0.39, 0.29) is 0 Å². The van der Waals surface area contributed by atoms with Crippen molar-refractivity contribution in [1.29, 1.82) is 0 Å². The van der Waals surface area contributed by atoms with E-state index < -0.39 is 11.6 Å². The van der Waals surface area contributed by atoms with Crippen LogP contribution >= 0.6 is 0 Å². The first-order valence-corrected chi connectivity index (χ1v) is 8.79. The Labute approximate surface area is 152 Å². The number of halogens is 2. The molecule has 0 radical (unpaired) electrons. The molecule has 3 rings (SSSR count). The fourth-order valence-corrected chi connectivity index (χ4v) is 2.99. The molecule has 2 aromatic carbocycles. The van der Waals surface area contributed by atoms with Crippen molar-refractivity contribution in [2.24, 2.45) is 4.99 Å². The number of ether oxygens (including phenoxy) is 1. The zero-order chi connectivity index (χ0) is 18.4. The van der Waals surface area contributed by atoms with E-state index in [1.165, 1.54) is 17.2 Å². The molecule has 0 amide bonds. The molecule has 0 saturated heterocycles. The normalized spacial score (nSPS) is 13.3. The number of hydrogen-bond acceptors (Lipinski definition) is 2. The Morgan fingerprint density at radius 2 is 1.88 bits per heavy atom. The van der Waals surface area contributed by atoms with Gasteiger partial charge in [0, 0.05) is 26.6 Å². The first-order valence-electron chi connectivity index (χ1n) is 8.79. The van der Waals surface area contributed by atoms with Gasteiger partial charge in [-0.2, -0.15) is 0 Å². The average Bonchev–Trinajstić information content (AvgIpc) is 3.11. The van der Waals surface area contributed by atoms with Gasteiger partial charge in [-0.3, -0.25) is 4.99 Å². The van der Waals surface area contributed by atoms with E-state index in [2.05, 4.69) is 27.8 Å². The van der Waals surface area contributed by atoms with Gasteiger partial charge in [0.1, 0.15) is 17.4 Å². The van der Waals surface area contributed by atoms with Crippen LogP contribution in [0.25, 0.3) is 0 Å². The molecule has 0 aliphatic carbocycles. The molecule has 138 valence electrons. The van der Waals surface area contributed by atoms with E-state index in [1.54, 1.807) is 7.05 Å². The molecule has 26 heavy (non-hydrogen) atoms. The van der Waals surface area contributed by atoms with Gasteiger partial charge in [-0.1, -0.05) is 12.1 Å².